The second-order valence-electron chi connectivity index (χ2n) is 4.08. The first-order valence-corrected chi connectivity index (χ1v) is 8.48. The van der Waals surface area contributed by atoms with Crippen molar-refractivity contribution < 1.29 is 9.59 Å². The van der Waals surface area contributed by atoms with E-state index in [0.717, 1.165) is 4.90 Å². The lowest BCUT2D eigenvalue weighted by Gasteiger charge is -2.19. The molecule has 5 heteroatoms. The molecule has 2 aromatic rings. The number of rotatable bonds is 1. The summed E-state index contributed by atoms with van der Waals surface area (Å²) in [5, 5.41) is 0.318. The smallest absolute Gasteiger partial charge is 0.196 e. The van der Waals surface area contributed by atoms with Gasteiger partial charge in [-0.25, -0.2) is 0 Å². The number of benzene rings is 2. The van der Waals surface area contributed by atoms with E-state index < -0.39 is 0 Å². The highest BCUT2D eigenvalue weighted by molar-refractivity contribution is 9.50. The van der Waals surface area contributed by atoms with Crippen LogP contribution < -0.4 is 0 Å². The Labute approximate surface area is 126 Å². The van der Waals surface area contributed by atoms with E-state index in [9.17, 15) is 9.59 Å². The molecule has 0 N–H and O–H groups in total. The highest BCUT2D eigenvalue weighted by atomic mass is 79.9. The summed E-state index contributed by atoms with van der Waals surface area (Å²) < 4.78 is 0. The number of fused-ring (bicyclic) bond motifs is 2. The zero-order chi connectivity index (χ0) is 13.6. The third-order valence-electron chi connectivity index (χ3n) is 3.07. The molecule has 0 radical (unpaired) electrons. The lowest BCUT2D eigenvalue weighted by molar-refractivity contribution is 0.0977. The molecule has 0 bridgehead atoms. The summed E-state index contributed by atoms with van der Waals surface area (Å²) in [6, 6.07) is 10.2. The van der Waals surface area contributed by atoms with Crippen LogP contribution in [-0.4, -0.2) is 11.6 Å². The van der Waals surface area contributed by atoms with Crippen molar-refractivity contribution in [1.29, 1.82) is 0 Å². The van der Waals surface area contributed by atoms with Crippen molar-refractivity contribution >= 4 is 48.2 Å². The first-order valence-electron chi connectivity index (χ1n) is 5.44. The molecule has 0 fully saturated rings. The van der Waals surface area contributed by atoms with Gasteiger partial charge in [0.05, 0.1) is 10.6 Å². The second-order valence-corrected chi connectivity index (χ2v) is 6.05. The van der Waals surface area contributed by atoms with E-state index in [1.165, 1.54) is 10.2 Å². The molecule has 0 saturated carbocycles. The molecule has 0 atom stereocenters. The van der Waals surface area contributed by atoms with Gasteiger partial charge < -0.3 is 0 Å². The molecule has 0 spiro atoms. The maximum absolute atomic E-state index is 12.5. The summed E-state index contributed by atoms with van der Waals surface area (Å²) in [6.07, 6.45) is 0. The van der Waals surface area contributed by atoms with Gasteiger partial charge in [0.25, 0.3) is 0 Å². The number of carbonyl (C=O) groups excluding carboxylic acids is 2. The Bertz CT molecular complexity index is 727. The van der Waals surface area contributed by atoms with Gasteiger partial charge in [-0.05, 0) is 37.1 Å². The zero-order valence-corrected chi connectivity index (χ0v) is 12.6. The van der Waals surface area contributed by atoms with Gasteiger partial charge in [-0.2, -0.15) is 0 Å². The Hall–Kier alpha value is -1.10. The van der Waals surface area contributed by atoms with Gasteiger partial charge in [0.2, 0.25) is 0 Å². The van der Waals surface area contributed by atoms with Crippen molar-refractivity contribution in [2.45, 2.75) is 4.90 Å². The number of hydrogen-bond acceptors (Lipinski definition) is 3. The molecule has 0 unspecified atom stereocenters. The quantitative estimate of drug-likeness (QED) is 0.645. The van der Waals surface area contributed by atoms with Crippen LogP contribution in [0.15, 0.2) is 41.3 Å². The summed E-state index contributed by atoms with van der Waals surface area (Å²) in [4.78, 5) is 25.8. The molecular weight excluding hydrogens is 348 g/mol. The summed E-state index contributed by atoms with van der Waals surface area (Å²) in [6.45, 7) is 0. The van der Waals surface area contributed by atoms with Gasteiger partial charge >= 0.3 is 0 Å². The Balaban J connectivity index is 2.36. The highest BCUT2D eigenvalue weighted by Crippen LogP contribution is 2.37. The minimum atomic E-state index is -0.196. The second kappa shape index (κ2) is 4.78. The van der Waals surface area contributed by atoms with Crippen LogP contribution in [0.4, 0.5) is 0 Å². The van der Waals surface area contributed by atoms with Gasteiger partial charge in [0, 0.05) is 21.6 Å². The fourth-order valence-corrected chi connectivity index (χ4v) is 3.71. The summed E-state index contributed by atoms with van der Waals surface area (Å²) in [5.41, 5.74) is 1.54. The monoisotopic (exact) mass is 352 g/mol. The average molecular weight is 354 g/mol. The van der Waals surface area contributed by atoms with Crippen molar-refractivity contribution in [3.05, 3.63) is 63.7 Å². The molecule has 19 heavy (non-hydrogen) atoms. The van der Waals surface area contributed by atoms with Crippen LogP contribution in [-0.2, 0) is 0 Å². The minimum Gasteiger partial charge on any atom is -0.289 e. The SMILES string of the molecule is O=C1c2cccc(SBr)c2C(=O)c2cccc(Cl)c21. The molecule has 0 heterocycles. The average Bonchev–Trinajstić information content (AvgIpc) is 2.43. The van der Waals surface area contributed by atoms with E-state index in [1.807, 2.05) is 0 Å². The Morgan fingerprint density at radius 2 is 1.47 bits per heavy atom. The molecule has 0 saturated heterocycles. The van der Waals surface area contributed by atoms with E-state index in [-0.39, 0.29) is 11.6 Å². The normalized spacial score (nSPS) is 13.2. The van der Waals surface area contributed by atoms with Crippen LogP contribution in [0.25, 0.3) is 0 Å². The van der Waals surface area contributed by atoms with Crippen LogP contribution in [0.3, 0.4) is 0 Å². The van der Waals surface area contributed by atoms with Gasteiger partial charge in [-0.3, -0.25) is 9.59 Å². The lowest BCUT2D eigenvalue weighted by atomic mass is 9.84. The topological polar surface area (TPSA) is 34.1 Å². The first-order chi connectivity index (χ1) is 9.15. The van der Waals surface area contributed by atoms with E-state index in [2.05, 4.69) is 14.8 Å². The summed E-state index contributed by atoms with van der Waals surface area (Å²) in [5.74, 6) is -0.353. The van der Waals surface area contributed by atoms with Gasteiger partial charge in [-0.1, -0.05) is 35.9 Å². The van der Waals surface area contributed by atoms with Crippen molar-refractivity contribution in [3.63, 3.8) is 0 Å². The van der Waals surface area contributed by atoms with E-state index >= 15 is 0 Å². The largest absolute Gasteiger partial charge is 0.289 e. The van der Waals surface area contributed by atoms with Gasteiger partial charge in [-0.15, -0.1) is 0 Å². The van der Waals surface area contributed by atoms with Crippen molar-refractivity contribution in [2.75, 3.05) is 0 Å². The minimum absolute atomic E-state index is 0.158. The Morgan fingerprint density at radius 1 is 0.895 bits per heavy atom. The summed E-state index contributed by atoms with van der Waals surface area (Å²) in [7, 11) is 1.27. The number of hydrogen-bond donors (Lipinski definition) is 0. The standard InChI is InChI=1S/C14H6BrClO2S/c15-19-10-6-2-4-8-12(10)14(18)7-3-1-5-9(16)11(7)13(8)17/h1-6H. The van der Waals surface area contributed by atoms with Gasteiger partial charge in [0.1, 0.15) is 0 Å². The van der Waals surface area contributed by atoms with Crippen LogP contribution >= 0.6 is 36.6 Å². The van der Waals surface area contributed by atoms with Crippen molar-refractivity contribution in [2.24, 2.45) is 0 Å². The fourth-order valence-electron chi connectivity index (χ4n) is 2.23. The molecule has 0 aromatic heterocycles. The number of ketones is 2. The predicted octanol–water partition coefficient (Wildman–Crippen LogP) is 4.52. The molecule has 2 nitrogen and oxygen atoms in total. The van der Waals surface area contributed by atoms with E-state index in [1.54, 1.807) is 36.4 Å². The molecule has 0 amide bonds. The molecule has 1 aliphatic rings. The Morgan fingerprint density at radius 3 is 2.16 bits per heavy atom. The van der Waals surface area contributed by atoms with Crippen molar-refractivity contribution in [1.82, 2.24) is 0 Å². The van der Waals surface area contributed by atoms with E-state index in [0.29, 0.717) is 27.3 Å². The third-order valence-corrected chi connectivity index (χ3v) is 4.93. The van der Waals surface area contributed by atoms with Crippen LogP contribution in [0.2, 0.25) is 5.02 Å². The maximum atomic E-state index is 12.5. The lowest BCUT2D eigenvalue weighted by Crippen LogP contribution is -2.21. The zero-order valence-electron chi connectivity index (χ0n) is 9.44. The Kier molecular flexibility index (Phi) is 3.25. The highest BCUT2D eigenvalue weighted by Gasteiger charge is 2.32. The molecule has 1 aliphatic carbocycles. The predicted molar refractivity (Wildman–Crippen MR) is 79.5 cm³/mol. The fraction of sp³-hybridized carbons (Fsp3) is 0. The third kappa shape index (κ3) is 1.86. The number of carbonyl (C=O) groups is 2. The van der Waals surface area contributed by atoms with Crippen LogP contribution in [0.1, 0.15) is 31.8 Å². The van der Waals surface area contributed by atoms with Crippen molar-refractivity contribution in [3.8, 4) is 0 Å². The van der Waals surface area contributed by atoms with Gasteiger partial charge in [0.15, 0.2) is 11.6 Å². The maximum Gasteiger partial charge on any atom is 0.196 e. The van der Waals surface area contributed by atoms with Crippen LogP contribution in [0, 0.1) is 0 Å². The van der Waals surface area contributed by atoms with Crippen LogP contribution in [0.5, 0.6) is 0 Å². The number of halogens is 2. The molecular formula is C14H6BrClO2S. The molecule has 94 valence electrons. The molecule has 0 aliphatic heterocycles. The summed E-state index contributed by atoms with van der Waals surface area (Å²) >= 11 is 9.32. The van der Waals surface area contributed by atoms with E-state index in [4.69, 9.17) is 11.6 Å². The molecule has 2 aromatic carbocycles. The molecule has 3 rings (SSSR count). The first kappa shape index (κ1) is 12.9.